The summed E-state index contributed by atoms with van der Waals surface area (Å²) in [5.41, 5.74) is -1.38. The van der Waals surface area contributed by atoms with Gasteiger partial charge in [-0.05, 0) is 81.5 Å². The van der Waals surface area contributed by atoms with Crippen LogP contribution in [0, 0.1) is 23.5 Å². The first-order valence-electron chi connectivity index (χ1n) is 10.5. The van der Waals surface area contributed by atoms with Gasteiger partial charge in [0.1, 0.15) is 17.5 Å². The summed E-state index contributed by atoms with van der Waals surface area (Å²) in [4.78, 5) is -0.885. The van der Waals surface area contributed by atoms with Crippen LogP contribution in [0.1, 0.15) is 32.3 Å². The van der Waals surface area contributed by atoms with Crippen LogP contribution in [-0.2, 0) is 25.9 Å². The smallest absolute Gasteiger partial charge is 0.303 e. The van der Waals surface area contributed by atoms with Crippen LogP contribution in [0.3, 0.4) is 0 Å². The van der Waals surface area contributed by atoms with Crippen molar-refractivity contribution in [2.75, 3.05) is 12.4 Å². The van der Waals surface area contributed by atoms with Gasteiger partial charge < -0.3 is 5.32 Å². The first-order valence-corrected chi connectivity index (χ1v) is 14.0. The highest BCUT2D eigenvalue weighted by Crippen LogP contribution is 2.46. The predicted molar refractivity (Wildman–Crippen MR) is 120 cm³/mol. The molecular formula is C22H23ClF5NO4S2. The Balaban J connectivity index is 1.62. The van der Waals surface area contributed by atoms with E-state index in [0.717, 1.165) is 18.2 Å². The standard InChI is InChI=1S/C22H23ClF5NO4S2/c1-21(2,35(32,33)18-8-15(22(26,27)28)7-16(24)9-18)14-5-13(6-14)11-29-12-34(30,31)17-3-4-20(25)19(23)10-17/h3-4,7-10,13-14,29H,5-6,11-12H2,1-2H3. The van der Waals surface area contributed by atoms with E-state index >= 15 is 0 Å². The summed E-state index contributed by atoms with van der Waals surface area (Å²) in [5, 5.41) is 2.46. The molecular weight excluding hydrogens is 537 g/mol. The molecule has 0 amide bonds. The molecule has 1 fully saturated rings. The van der Waals surface area contributed by atoms with E-state index in [1.807, 2.05) is 0 Å². The van der Waals surface area contributed by atoms with Gasteiger partial charge in [0.05, 0.1) is 25.1 Å². The van der Waals surface area contributed by atoms with Crippen molar-refractivity contribution in [2.24, 2.45) is 11.8 Å². The molecule has 13 heteroatoms. The fourth-order valence-corrected chi connectivity index (χ4v) is 7.19. The summed E-state index contributed by atoms with van der Waals surface area (Å²) in [7, 11) is -8.10. The van der Waals surface area contributed by atoms with Crippen molar-refractivity contribution in [1.82, 2.24) is 5.32 Å². The first kappa shape index (κ1) is 27.8. The van der Waals surface area contributed by atoms with E-state index < -0.39 is 64.5 Å². The Hall–Kier alpha value is -1.76. The number of sulfone groups is 2. The van der Waals surface area contributed by atoms with Crippen molar-refractivity contribution in [3.05, 3.63) is 58.6 Å². The number of benzene rings is 2. The Bertz CT molecular complexity index is 1320. The number of rotatable bonds is 8. The molecule has 0 bridgehead atoms. The number of hydrogen-bond acceptors (Lipinski definition) is 5. The number of alkyl halides is 3. The van der Waals surface area contributed by atoms with Crippen LogP contribution in [0.15, 0.2) is 46.2 Å². The van der Waals surface area contributed by atoms with E-state index in [-0.39, 0.29) is 28.4 Å². The van der Waals surface area contributed by atoms with E-state index in [4.69, 9.17) is 11.6 Å². The lowest BCUT2D eigenvalue weighted by Crippen LogP contribution is -2.48. The Morgan fingerprint density at radius 1 is 0.971 bits per heavy atom. The van der Waals surface area contributed by atoms with Crippen LogP contribution in [0.4, 0.5) is 22.0 Å². The summed E-state index contributed by atoms with van der Waals surface area (Å²) in [5.74, 6) is -2.98. The second-order valence-electron chi connectivity index (χ2n) is 9.10. The minimum atomic E-state index is -4.90. The van der Waals surface area contributed by atoms with Crippen molar-refractivity contribution in [1.29, 1.82) is 0 Å². The van der Waals surface area contributed by atoms with Crippen molar-refractivity contribution in [3.8, 4) is 0 Å². The third-order valence-electron chi connectivity index (χ3n) is 6.40. The summed E-state index contributed by atoms with van der Waals surface area (Å²) >= 11 is 5.63. The van der Waals surface area contributed by atoms with E-state index in [0.29, 0.717) is 25.0 Å². The largest absolute Gasteiger partial charge is 0.416 e. The summed E-state index contributed by atoms with van der Waals surface area (Å²) in [6, 6.07) is 4.31. The Morgan fingerprint density at radius 3 is 2.17 bits per heavy atom. The van der Waals surface area contributed by atoms with Crippen molar-refractivity contribution >= 4 is 31.3 Å². The highest BCUT2D eigenvalue weighted by atomic mass is 35.5. The predicted octanol–water partition coefficient (Wildman–Crippen LogP) is 5.24. The van der Waals surface area contributed by atoms with Gasteiger partial charge in [-0.15, -0.1) is 0 Å². The third kappa shape index (κ3) is 5.81. The zero-order valence-corrected chi connectivity index (χ0v) is 21.1. The molecule has 3 rings (SSSR count). The summed E-state index contributed by atoms with van der Waals surface area (Å²) in [6.45, 7) is 3.02. The van der Waals surface area contributed by atoms with Crippen LogP contribution in [0.2, 0.25) is 5.02 Å². The summed E-state index contributed by atoms with van der Waals surface area (Å²) in [6.07, 6.45) is -4.14. The lowest BCUT2D eigenvalue weighted by atomic mass is 9.69. The molecule has 1 N–H and O–H groups in total. The molecule has 194 valence electrons. The molecule has 0 heterocycles. The van der Waals surface area contributed by atoms with Gasteiger partial charge in [0.25, 0.3) is 0 Å². The highest BCUT2D eigenvalue weighted by Gasteiger charge is 2.49. The Labute approximate surface area is 205 Å². The van der Waals surface area contributed by atoms with Crippen molar-refractivity contribution < 1.29 is 38.8 Å². The Kier molecular flexibility index (Phi) is 7.63. The number of hydrogen-bond donors (Lipinski definition) is 1. The van der Waals surface area contributed by atoms with Gasteiger partial charge >= 0.3 is 6.18 Å². The lowest BCUT2D eigenvalue weighted by Gasteiger charge is -2.45. The van der Waals surface area contributed by atoms with Crippen molar-refractivity contribution in [3.63, 3.8) is 0 Å². The molecule has 1 aliphatic carbocycles. The van der Waals surface area contributed by atoms with Gasteiger partial charge in [0.2, 0.25) is 0 Å². The van der Waals surface area contributed by atoms with Crippen LogP contribution in [0.25, 0.3) is 0 Å². The third-order valence-corrected chi connectivity index (χ3v) is 10.8. The van der Waals surface area contributed by atoms with Gasteiger partial charge in [-0.25, -0.2) is 25.6 Å². The maximum atomic E-state index is 13.8. The monoisotopic (exact) mass is 559 g/mol. The minimum absolute atomic E-state index is 0.0697. The molecule has 1 saturated carbocycles. The molecule has 0 atom stereocenters. The van der Waals surface area contributed by atoms with Gasteiger partial charge in [-0.3, -0.25) is 0 Å². The van der Waals surface area contributed by atoms with E-state index in [1.54, 1.807) is 0 Å². The van der Waals surface area contributed by atoms with Gasteiger partial charge in [0, 0.05) is 0 Å². The molecule has 0 aliphatic heterocycles. The molecule has 2 aromatic rings. The van der Waals surface area contributed by atoms with Crippen LogP contribution in [0.5, 0.6) is 0 Å². The minimum Gasteiger partial charge on any atom is -0.303 e. The average molecular weight is 560 g/mol. The van der Waals surface area contributed by atoms with E-state index in [2.05, 4.69) is 5.32 Å². The topological polar surface area (TPSA) is 80.3 Å². The molecule has 0 spiro atoms. The molecule has 0 radical (unpaired) electrons. The summed E-state index contributed by atoms with van der Waals surface area (Å²) < 4.78 is 116. The molecule has 1 aliphatic rings. The molecule has 0 saturated heterocycles. The van der Waals surface area contributed by atoms with Crippen LogP contribution < -0.4 is 5.32 Å². The fraction of sp³-hybridized carbons (Fsp3) is 0.455. The SMILES string of the molecule is CC(C)(C1CC(CNCS(=O)(=O)c2ccc(F)c(Cl)c2)C1)S(=O)(=O)c1cc(F)cc(C(F)(F)F)c1. The molecule has 35 heavy (non-hydrogen) atoms. The zero-order valence-electron chi connectivity index (χ0n) is 18.7. The van der Waals surface area contributed by atoms with Gasteiger partial charge in [-0.1, -0.05) is 11.6 Å². The zero-order chi connectivity index (χ0) is 26.4. The Morgan fingerprint density at radius 2 is 1.60 bits per heavy atom. The molecule has 0 aromatic heterocycles. The second-order valence-corrected chi connectivity index (χ2v) is 14.0. The first-order chi connectivity index (χ1) is 15.9. The number of halogens is 6. The van der Waals surface area contributed by atoms with Crippen molar-refractivity contribution in [2.45, 2.75) is 47.4 Å². The maximum Gasteiger partial charge on any atom is 0.416 e. The molecule has 5 nitrogen and oxygen atoms in total. The fourth-order valence-electron chi connectivity index (χ4n) is 4.03. The van der Waals surface area contributed by atoms with Crippen LogP contribution in [-0.4, -0.2) is 34.0 Å². The average Bonchev–Trinajstić information content (AvgIpc) is 2.70. The molecule has 2 aromatic carbocycles. The normalized spacial score (nSPS) is 19.4. The van der Waals surface area contributed by atoms with Gasteiger partial charge in [0.15, 0.2) is 19.7 Å². The van der Waals surface area contributed by atoms with E-state index in [1.165, 1.54) is 13.8 Å². The van der Waals surface area contributed by atoms with Gasteiger partial charge in [-0.2, -0.15) is 13.2 Å². The number of nitrogens with one attached hydrogen (secondary N) is 1. The van der Waals surface area contributed by atoms with Crippen LogP contribution >= 0.6 is 11.6 Å². The van der Waals surface area contributed by atoms with E-state index in [9.17, 15) is 38.8 Å². The maximum absolute atomic E-state index is 13.8. The molecule has 0 unspecified atom stereocenters. The highest BCUT2D eigenvalue weighted by molar-refractivity contribution is 7.92. The lowest BCUT2D eigenvalue weighted by molar-refractivity contribution is -0.137. The quantitative estimate of drug-likeness (QED) is 0.354. The second kappa shape index (κ2) is 9.60.